The third-order valence-corrected chi connectivity index (χ3v) is 3.48. The van der Waals surface area contributed by atoms with Crippen LogP contribution in [0.5, 0.6) is 0 Å². The molecule has 5 nitrogen and oxygen atoms in total. The van der Waals surface area contributed by atoms with Crippen molar-refractivity contribution in [2.45, 2.75) is 34.1 Å². The molecular formula is C19H29IN4O. The maximum absolute atomic E-state index is 5.59. The molecule has 2 N–H and O–H groups in total. The van der Waals surface area contributed by atoms with Crippen molar-refractivity contribution in [3.05, 3.63) is 41.8 Å². The number of halogens is 1. The fourth-order valence-corrected chi connectivity index (χ4v) is 2.18. The van der Waals surface area contributed by atoms with Crippen LogP contribution in [0.2, 0.25) is 0 Å². The highest BCUT2D eigenvalue weighted by Gasteiger charge is 2.07. The second-order valence-corrected chi connectivity index (χ2v) is 6.30. The van der Waals surface area contributed by atoms with Gasteiger partial charge in [0.1, 0.15) is 6.26 Å². The van der Waals surface area contributed by atoms with E-state index in [0.29, 0.717) is 11.8 Å². The quantitative estimate of drug-likeness (QED) is 0.375. The van der Waals surface area contributed by atoms with Crippen LogP contribution < -0.4 is 10.6 Å². The number of oxazole rings is 1. The molecule has 138 valence electrons. The minimum Gasteiger partial charge on any atom is -0.444 e. The van der Waals surface area contributed by atoms with Crippen LogP contribution in [0.4, 0.5) is 0 Å². The van der Waals surface area contributed by atoms with E-state index in [2.05, 4.69) is 60.4 Å². The van der Waals surface area contributed by atoms with Crippen LogP contribution in [-0.4, -0.2) is 30.6 Å². The Hall–Kier alpha value is -1.57. The zero-order valence-electron chi connectivity index (χ0n) is 15.5. The summed E-state index contributed by atoms with van der Waals surface area (Å²) < 4.78 is 5.59. The third kappa shape index (κ3) is 7.46. The van der Waals surface area contributed by atoms with Crippen molar-refractivity contribution in [3.8, 4) is 11.5 Å². The number of guanidine groups is 1. The Labute approximate surface area is 167 Å². The highest BCUT2D eigenvalue weighted by Crippen LogP contribution is 2.19. The number of benzene rings is 1. The van der Waals surface area contributed by atoms with E-state index in [-0.39, 0.29) is 24.0 Å². The lowest BCUT2D eigenvalue weighted by Gasteiger charge is -2.11. The van der Waals surface area contributed by atoms with Crippen LogP contribution in [-0.2, 0) is 6.42 Å². The first-order chi connectivity index (χ1) is 11.6. The summed E-state index contributed by atoms with van der Waals surface area (Å²) in [5.74, 6) is 2.08. The van der Waals surface area contributed by atoms with Gasteiger partial charge in [-0.2, -0.15) is 0 Å². The van der Waals surface area contributed by atoms with Crippen molar-refractivity contribution in [2.75, 3.05) is 19.6 Å². The Morgan fingerprint density at radius 1 is 1.20 bits per heavy atom. The highest BCUT2D eigenvalue weighted by atomic mass is 127. The van der Waals surface area contributed by atoms with Crippen molar-refractivity contribution in [1.82, 2.24) is 15.6 Å². The van der Waals surface area contributed by atoms with Crippen LogP contribution in [0.15, 0.2) is 39.9 Å². The van der Waals surface area contributed by atoms with Crippen LogP contribution in [0.1, 0.15) is 32.0 Å². The molecule has 1 aromatic heterocycles. The zero-order chi connectivity index (χ0) is 17.4. The molecule has 0 aliphatic carbocycles. The first-order valence-corrected chi connectivity index (χ1v) is 8.62. The van der Waals surface area contributed by atoms with Gasteiger partial charge in [0.25, 0.3) is 0 Å². The molecule has 0 bridgehead atoms. The molecule has 0 radical (unpaired) electrons. The van der Waals surface area contributed by atoms with Crippen molar-refractivity contribution in [3.63, 3.8) is 0 Å². The molecule has 0 aliphatic rings. The summed E-state index contributed by atoms with van der Waals surface area (Å²) in [6.07, 6.45) is 2.52. The fraction of sp³-hybridized carbons (Fsp3) is 0.474. The summed E-state index contributed by atoms with van der Waals surface area (Å²) in [7, 11) is 0. The topological polar surface area (TPSA) is 62.5 Å². The SMILES string of the molecule is CCNC(=NCC(C)C)NCCc1coc(-c2ccc(C)cc2)n1.I. The number of rotatable bonds is 7. The molecular weight excluding hydrogens is 427 g/mol. The van der Waals surface area contributed by atoms with Gasteiger partial charge in [-0.15, -0.1) is 24.0 Å². The standard InChI is InChI=1S/C19H28N4O.HI/c1-5-20-19(22-12-14(2)3)21-11-10-17-13-24-18(23-17)16-8-6-15(4)7-9-16;/h6-9,13-14H,5,10-12H2,1-4H3,(H2,20,21,22);1H. The van der Waals surface area contributed by atoms with Gasteiger partial charge in [0.2, 0.25) is 5.89 Å². The molecule has 0 saturated carbocycles. The van der Waals surface area contributed by atoms with Crippen molar-refractivity contribution < 1.29 is 4.42 Å². The zero-order valence-corrected chi connectivity index (χ0v) is 17.8. The van der Waals surface area contributed by atoms with Gasteiger partial charge in [0.15, 0.2) is 5.96 Å². The lowest BCUT2D eigenvalue weighted by atomic mass is 10.1. The van der Waals surface area contributed by atoms with E-state index in [0.717, 1.165) is 43.3 Å². The normalized spacial score (nSPS) is 11.3. The number of aryl methyl sites for hydroxylation is 1. The second-order valence-electron chi connectivity index (χ2n) is 6.30. The summed E-state index contributed by atoms with van der Waals surface area (Å²) in [5.41, 5.74) is 3.18. The Kier molecular flexibility index (Phi) is 9.55. The van der Waals surface area contributed by atoms with Gasteiger partial charge in [0.05, 0.1) is 5.69 Å². The minimum absolute atomic E-state index is 0. The lowest BCUT2D eigenvalue weighted by molar-refractivity contribution is 0.572. The lowest BCUT2D eigenvalue weighted by Crippen LogP contribution is -2.38. The highest BCUT2D eigenvalue weighted by molar-refractivity contribution is 14.0. The molecule has 0 atom stereocenters. The molecule has 0 unspecified atom stereocenters. The molecule has 1 heterocycles. The summed E-state index contributed by atoms with van der Waals surface area (Å²) in [4.78, 5) is 9.12. The van der Waals surface area contributed by atoms with E-state index in [1.165, 1.54) is 5.56 Å². The smallest absolute Gasteiger partial charge is 0.226 e. The molecule has 1 aromatic carbocycles. The van der Waals surface area contributed by atoms with Gasteiger partial charge in [-0.25, -0.2) is 4.98 Å². The van der Waals surface area contributed by atoms with Crippen molar-refractivity contribution in [1.29, 1.82) is 0 Å². The molecule has 0 amide bonds. The maximum atomic E-state index is 5.59. The van der Waals surface area contributed by atoms with Crippen molar-refractivity contribution in [2.24, 2.45) is 10.9 Å². The molecule has 0 saturated heterocycles. The first kappa shape index (κ1) is 21.5. The fourth-order valence-electron chi connectivity index (χ4n) is 2.18. The monoisotopic (exact) mass is 456 g/mol. The molecule has 0 fully saturated rings. The Balaban J connectivity index is 0.00000312. The predicted molar refractivity (Wildman–Crippen MR) is 115 cm³/mol. The Bertz CT molecular complexity index is 650. The largest absolute Gasteiger partial charge is 0.444 e. The maximum Gasteiger partial charge on any atom is 0.226 e. The second kappa shape index (κ2) is 11.1. The summed E-state index contributed by atoms with van der Waals surface area (Å²) in [6, 6.07) is 8.19. The number of nitrogens with one attached hydrogen (secondary N) is 2. The average molecular weight is 456 g/mol. The van der Waals surface area contributed by atoms with E-state index in [1.807, 2.05) is 12.1 Å². The van der Waals surface area contributed by atoms with Gasteiger partial charge in [0, 0.05) is 31.6 Å². The molecule has 6 heteroatoms. The van der Waals surface area contributed by atoms with Gasteiger partial charge in [-0.05, 0) is 31.9 Å². The number of nitrogens with zero attached hydrogens (tertiary/aromatic N) is 2. The summed E-state index contributed by atoms with van der Waals surface area (Å²) >= 11 is 0. The van der Waals surface area contributed by atoms with E-state index >= 15 is 0 Å². The van der Waals surface area contributed by atoms with E-state index in [9.17, 15) is 0 Å². The Morgan fingerprint density at radius 2 is 1.92 bits per heavy atom. The molecule has 2 aromatic rings. The van der Waals surface area contributed by atoms with E-state index in [4.69, 9.17) is 4.42 Å². The van der Waals surface area contributed by atoms with Gasteiger partial charge in [-0.1, -0.05) is 31.5 Å². The molecule has 25 heavy (non-hydrogen) atoms. The van der Waals surface area contributed by atoms with Gasteiger partial charge >= 0.3 is 0 Å². The van der Waals surface area contributed by atoms with Gasteiger partial charge < -0.3 is 15.1 Å². The molecule has 0 aliphatic heterocycles. The number of hydrogen-bond donors (Lipinski definition) is 2. The van der Waals surface area contributed by atoms with Crippen molar-refractivity contribution >= 4 is 29.9 Å². The van der Waals surface area contributed by atoms with Crippen LogP contribution >= 0.6 is 24.0 Å². The number of hydrogen-bond acceptors (Lipinski definition) is 3. The van der Waals surface area contributed by atoms with Crippen LogP contribution in [0, 0.1) is 12.8 Å². The summed E-state index contributed by atoms with van der Waals surface area (Å²) in [6.45, 7) is 10.9. The summed E-state index contributed by atoms with van der Waals surface area (Å²) in [5, 5.41) is 6.59. The van der Waals surface area contributed by atoms with Crippen LogP contribution in [0.25, 0.3) is 11.5 Å². The number of aromatic nitrogens is 1. The third-order valence-electron chi connectivity index (χ3n) is 3.48. The van der Waals surface area contributed by atoms with E-state index < -0.39 is 0 Å². The Morgan fingerprint density at radius 3 is 2.56 bits per heavy atom. The predicted octanol–water partition coefficient (Wildman–Crippen LogP) is 4.02. The average Bonchev–Trinajstić information content (AvgIpc) is 3.02. The first-order valence-electron chi connectivity index (χ1n) is 8.62. The van der Waals surface area contributed by atoms with E-state index in [1.54, 1.807) is 6.26 Å². The minimum atomic E-state index is 0. The molecule has 0 spiro atoms. The molecule has 2 rings (SSSR count). The number of aliphatic imine (C=N–C) groups is 1. The van der Waals surface area contributed by atoms with Crippen LogP contribution in [0.3, 0.4) is 0 Å². The van der Waals surface area contributed by atoms with Gasteiger partial charge in [-0.3, -0.25) is 4.99 Å².